The molecule has 15 heavy (non-hydrogen) atoms. The van der Waals surface area contributed by atoms with Crippen molar-refractivity contribution in [3.63, 3.8) is 0 Å². The largest absolute Gasteiger partial charge is 0.291 e. The van der Waals surface area contributed by atoms with Gasteiger partial charge in [0.1, 0.15) is 6.33 Å². The number of aromatic nitrogens is 2. The summed E-state index contributed by atoms with van der Waals surface area (Å²) in [5, 5.41) is 1.77. The van der Waals surface area contributed by atoms with Gasteiger partial charge >= 0.3 is 0 Å². The van der Waals surface area contributed by atoms with Crippen LogP contribution in [0.4, 0.5) is 5.82 Å². The number of rotatable bonds is 2. The first kappa shape index (κ1) is 10.8. The molecule has 0 aliphatic heterocycles. The number of hydrazine groups is 1. The Labute approximate surface area is 98.0 Å². The van der Waals surface area contributed by atoms with Crippen LogP contribution in [0.3, 0.4) is 0 Å². The molecule has 2 atom stereocenters. The second-order valence-electron chi connectivity index (χ2n) is 4.17. The maximum absolute atomic E-state index is 6.08. The zero-order chi connectivity index (χ0) is 10.8. The highest BCUT2D eigenvalue weighted by atomic mass is 79.9. The van der Waals surface area contributed by atoms with Crippen molar-refractivity contribution < 1.29 is 0 Å². The highest BCUT2D eigenvalue weighted by molar-refractivity contribution is 9.10. The summed E-state index contributed by atoms with van der Waals surface area (Å²) in [5.41, 5.74) is 0. The van der Waals surface area contributed by atoms with Gasteiger partial charge in [0.25, 0.3) is 0 Å². The maximum Gasteiger partial charge on any atom is 0.160 e. The second kappa shape index (κ2) is 4.45. The molecule has 1 fully saturated rings. The minimum Gasteiger partial charge on any atom is -0.291 e. The van der Waals surface area contributed by atoms with Crippen molar-refractivity contribution in [2.75, 3.05) is 5.01 Å². The van der Waals surface area contributed by atoms with Gasteiger partial charge in [-0.2, -0.15) is 0 Å². The van der Waals surface area contributed by atoms with Crippen molar-refractivity contribution in [2.45, 2.75) is 32.2 Å². The van der Waals surface area contributed by atoms with Gasteiger partial charge in [0.05, 0.1) is 4.47 Å². The first-order chi connectivity index (χ1) is 7.18. The fourth-order valence-electron chi connectivity index (χ4n) is 2.10. The first-order valence-corrected chi connectivity index (χ1v) is 5.97. The molecule has 0 bridgehead atoms. The Kier molecular flexibility index (Phi) is 3.21. The number of anilines is 1. The molecule has 2 N–H and O–H groups in total. The minimum absolute atomic E-state index is 0.409. The molecular formula is C10H15BrN4. The Balaban J connectivity index is 2.14. The van der Waals surface area contributed by atoms with E-state index in [-0.39, 0.29) is 0 Å². The summed E-state index contributed by atoms with van der Waals surface area (Å²) in [6.45, 7) is 2.27. The average Bonchev–Trinajstić information content (AvgIpc) is 2.65. The molecule has 1 aliphatic carbocycles. The summed E-state index contributed by atoms with van der Waals surface area (Å²) in [7, 11) is 0. The molecule has 0 radical (unpaired) electrons. The lowest BCUT2D eigenvalue weighted by Gasteiger charge is -2.25. The van der Waals surface area contributed by atoms with Crippen molar-refractivity contribution in [2.24, 2.45) is 11.8 Å². The van der Waals surface area contributed by atoms with E-state index >= 15 is 0 Å². The zero-order valence-electron chi connectivity index (χ0n) is 8.73. The molecule has 4 nitrogen and oxygen atoms in total. The van der Waals surface area contributed by atoms with E-state index in [0.717, 1.165) is 29.1 Å². The lowest BCUT2D eigenvalue weighted by atomic mass is 10.1. The standard InChI is InChI=1S/C10H15BrN4/c1-7-2-3-8(4-7)15(12)10-9(11)5-13-6-14-10/h5-8H,2-4,12H2,1H3. The quantitative estimate of drug-likeness (QED) is 0.661. The molecule has 0 saturated heterocycles. The topological polar surface area (TPSA) is 55.0 Å². The fourth-order valence-corrected chi connectivity index (χ4v) is 2.52. The van der Waals surface area contributed by atoms with E-state index in [9.17, 15) is 0 Å². The van der Waals surface area contributed by atoms with E-state index in [1.807, 2.05) is 0 Å². The van der Waals surface area contributed by atoms with E-state index in [2.05, 4.69) is 32.8 Å². The Morgan fingerprint density at radius 3 is 2.93 bits per heavy atom. The van der Waals surface area contributed by atoms with Crippen LogP contribution in [0.1, 0.15) is 26.2 Å². The third-order valence-electron chi connectivity index (χ3n) is 2.95. The van der Waals surface area contributed by atoms with E-state index in [4.69, 9.17) is 5.84 Å². The summed E-state index contributed by atoms with van der Waals surface area (Å²) in [5.74, 6) is 7.62. The molecule has 1 aromatic rings. The van der Waals surface area contributed by atoms with Gasteiger partial charge in [0.15, 0.2) is 5.82 Å². The molecule has 1 aliphatic rings. The molecule has 2 rings (SSSR count). The fraction of sp³-hybridized carbons (Fsp3) is 0.600. The third-order valence-corrected chi connectivity index (χ3v) is 3.51. The Morgan fingerprint density at radius 2 is 2.33 bits per heavy atom. The van der Waals surface area contributed by atoms with E-state index in [1.165, 1.54) is 12.7 Å². The van der Waals surface area contributed by atoms with Crippen LogP contribution in [0.15, 0.2) is 17.0 Å². The Morgan fingerprint density at radius 1 is 1.53 bits per heavy atom. The van der Waals surface area contributed by atoms with Gasteiger partial charge in [0, 0.05) is 12.2 Å². The number of nitrogens with zero attached hydrogens (tertiary/aromatic N) is 3. The van der Waals surface area contributed by atoms with Crippen LogP contribution in [-0.2, 0) is 0 Å². The molecule has 0 amide bonds. The average molecular weight is 271 g/mol. The number of hydrogen-bond donors (Lipinski definition) is 1. The molecule has 1 heterocycles. The Bertz CT molecular complexity index is 344. The molecule has 82 valence electrons. The lowest BCUT2D eigenvalue weighted by molar-refractivity contribution is 0.565. The van der Waals surface area contributed by atoms with Crippen LogP contribution >= 0.6 is 15.9 Å². The van der Waals surface area contributed by atoms with Crippen LogP contribution in [0.2, 0.25) is 0 Å². The Hall–Kier alpha value is -0.680. The maximum atomic E-state index is 6.08. The van der Waals surface area contributed by atoms with Crippen molar-refractivity contribution >= 4 is 21.7 Å². The van der Waals surface area contributed by atoms with Gasteiger partial charge in [0.2, 0.25) is 0 Å². The number of nitrogens with two attached hydrogens (primary N) is 1. The van der Waals surface area contributed by atoms with Gasteiger partial charge < -0.3 is 0 Å². The summed E-state index contributed by atoms with van der Waals surface area (Å²) in [4.78, 5) is 8.12. The van der Waals surface area contributed by atoms with Gasteiger partial charge in [-0.05, 0) is 41.1 Å². The summed E-state index contributed by atoms with van der Waals surface area (Å²) < 4.78 is 0.854. The van der Waals surface area contributed by atoms with Crippen molar-refractivity contribution in [1.29, 1.82) is 0 Å². The minimum atomic E-state index is 0.409. The monoisotopic (exact) mass is 270 g/mol. The second-order valence-corrected chi connectivity index (χ2v) is 5.03. The smallest absolute Gasteiger partial charge is 0.160 e. The van der Waals surface area contributed by atoms with E-state index in [0.29, 0.717) is 6.04 Å². The molecule has 0 spiro atoms. The SMILES string of the molecule is CC1CCC(N(N)c2ncncc2Br)C1. The zero-order valence-corrected chi connectivity index (χ0v) is 10.3. The number of halogens is 1. The molecular weight excluding hydrogens is 256 g/mol. The molecule has 2 unspecified atom stereocenters. The van der Waals surface area contributed by atoms with Gasteiger partial charge in [-0.25, -0.2) is 15.8 Å². The van der Waals surface area contributed by atoms with Crippen LogP contribution in [0.25, 0.3) is 0 Å². The number of hydrogen-bond acceptors (Lipinski definition) is 4. The molecule has 0 aromatic carbocycles. The van der Waals surface area contributed by atoms with Crippen molar-refractivity contribution in [3.05, 3.63) is 17.0 Å². The summed E-state index contributed by atoms with van der Waals surface area (Å²) >= 11 is 3.41. The van der Waals surface area contributed by atoms with Gasteiger partial charge in [-0.1, -0.05) is 6.92 Å². The van der Waals surface area contributed by atoms with Crippen LogP contribution < -0.4 is 10.9 Å². The van der Waals surface area contributed by atoms with Crippen LogP contribution in [0.5, 0.6) is 0 Å². The molecule has 1 aromatic heterocycles. The predicted octanol–water partition coefficient (Wildman–Crippen LogP) is 2.11. The third kappa shape index (κ3) is 2.29. The van der Waals surface area contributed by atoms with Gasteiger partial charge in [-0.3, -0.25) is 5.01 Å². The summed E-state index contributed by atoms with van der Waals surface area (Å²) in [6.07, 6.45) is 6.79. The van der Waals surface area contributed by atoms with Crippen molar-refractivity contribution in [3.8, 4) is 0 Å². The van der Waals surface area contributed by atoms with Crippen LogP contribution in [0, 0.1) is 5.92 Å². The highest BCUT2D eigenvalue weighted by Crippen LogP contribution is 2.31. The molecule has 1 saturated carbocycles. The van der Waals surface area contributed by atoms with E-state index in [1.54, 1.807) is 11.2 Å². The van der Waals surface area contributed by atoms with Crippen LogP contribution in [-0.4, -0.2) is 16.0 Å². The molecule has 5 heteroatoms. The summed E-state index contributed by atoms with van der Waals surface area (Å²) in [6, 6.07) is 0.409. The predicted molar refractivity (Wildman–Crippen MR) is 63.2 cm³/mol. The van der Waals surface area contributed by atoms with Gasteiger partial charge in [-0.15, -0.1) is 0 Å². The van der Waals surface area contributed by atoms with E-state index < -0.39 is 0 Å². The van der Waals surface area contributed by atoms with Crippen molar-refractivity contribution in [1.82, 2.24) is 9.97 Å². The first-order valence-electron chi connectivity index (χ1n) is 5.18. The normalized spacial score (nSPS) is 25.5. The lowest BCUT2D eigenvalue weighted by Crippen LogP contribution is -2.40. The highest BCUT2D eigenvalue weighted by Gasteiger charge is 2.27.